The van der Waals surface area contributed by atoms with Gasteiger partial charge in [0, 0.05) is 0 Å². The topological polar surface area (TPSA) is 0 Å². The molecule has 1 aromatic carbocycles. The van der Waals surface area contributed by atoms with E-state index in [0.29, 0.717) is 0 Å². The molecule has 24 heavy (non-hydrogen) atoms. The minimum atomic E-state index is 0.891. The fourth-order valence-corrected chi connectivity index (χ4v) is 4.65. The standard InChI is InChI=1S/C24H34/c1-3-5-10-20-16-23-15-14-22(19-12-8-7-9-13-19)18-24(23)17-21(20)11-6-4-2/h7-9,12-14,23-24H,3-6,10-11,15-18H2,1-2H3/t23-,24-/m1/s1. The Morgan fingerprint density at radius 2 is 1.42 bits per heavy atom. The second-order valence-corrected chi connectivity index (χ2v) is 7.88. The number of hydrogen-bond donors (Lipinski definition) is 0. The second-order valence-electron chi connectivity index (χ2n) is 7.88. The smallest absolute Gasteiger partial charge is 0.0228 e. The molecule has 0 radical (unpaired) electrons. The van der Waals surface area contributed by atoms with Gasteiger partial charge in [0.15, 0.2) is 0 Å². The Hall–Kier alpha value is -1.30. The van der Waals surface area contributed by atoms with E-state index >= 15 is 0 Å². The van der Waals surface area contributed by atoms with Crippen molar-refractivity contribution in [2.24, 2.45) is 11.8 Å². The molecule has 2 atom stereocenters. The van der Waals surface area contributed by atoms with Crippen LogP contribution < -0.4 is 0 Å². The van der Waals surface area contributed by atoms with Crippen LogP contribution in [0.5, 0.6) is 0 Å². The van der Waals surface area contributed by atoms with Crippen LogP contribution >= 0.6 is 0 Å². The molecule has 2 aliphatic carbocycles. The van der Waals surface area contributed by atoms with Crippen LogP contribution in [-0.4, -0.2) is 0 Å². The summed E-state index contributed by atoms with van der Waals surface area (Å²) in [6, 6.07) is 11.1. The van der Waals surface area contributed by atoms with E-state index in [0.717, 1.165) is 11.8 Å². The lowest BCUT2D eigenvalue weighted by atomic mass is 9.67. The van der Waals surface area contributed by atoms with Gasteiger partial charge in [0.2, 0.25) is 0 Å². The van der Waals surface area contributed by atoms with Crippen LogP contribution in [0.4, 0.5) is 0 Å². The predicted octanol–water partition coefficient (Wildman–Crippen LogP) is 7.57. The third-order valence-electron chi connectivity index (χ3n) is 6.14. The summed E-state index contributed by atoms with van der Waals surface area (Å²) in [4.78, 5) is 0. The maximum absolute atomic E-state index is 2.55. The summed E-state index contributed by atoms with van der Waals surface area (Å²) < 4.78 is 0. The van der Waals surface area contributed by atoms with Crippen LogP contribution in [0.25, 0.3) is 5.57 Å². The van der Waals surface area contributed by atoms with Crippen molar-refractivity contribution in [1.29, 1.82) is 0 Å². The van der Waals surface area contributed by atoms with Crippen LogP contribution in [0.2, 0.25) is 0 Å². The van der Waals surface area contributed by atoms with E-state index in [1.54, 1.807) is 5.57 Å². The monoisotopic (exact) mass is 322 g/mol. The van der Waals surface area contributed by atoms with E-state index in [1.807, 2.05) is 11.1 Å². The van der Waals surface area contributed by atoms with Crippen molar-refractivity contribution in [2.45, 2.75) is 78.1 Å². The summed E-state index contributed by atoms with van der Waals surface area (Å²) >= 11 is 0. The van der Waals surface area contributed by atoms with Crippen LogP contribution in [-0.2, 0) is 0 Å². The molecule has 0 heteroatoms. The first-order chi connectivity index (χ1) is 11.8. The first-order valence-corrected chi connectivity index (χ1v) is 10.3. The van der Waals surface area contributed by atoms with Crippen LogP contribution in [0, 0.1) is 11.8 Å². The van der Waals surface area contributed by atoms with Gasteiger partial charge in [-0.3, -0.25) is 0 Å². The molecule has 0 unspecified atom stereocenters. The highest BCUT2D eigenvalue weighted by Gasteiger charge is 2.32. The van der Waals surface area contributed by atoms with Crippen LogP contribution in [0.1, 0.15) is 83.6 Å². The highest BCUT2D eigenvalue weighted by molar-refractivity contribution is 5.66. The first-order valence-electron chi connectivity index (χ1n) is 10.3. The number of benzene rings is 1. The van der Waals surface area contributed by atoms with E-state index in [4.69, 9.17) is 0 Å². The van der Waals surface area contributed by atoms with E-state index in [9.17, 15) is 0 Å². The van der Waals surface area contributed by atoms with Gasteiger partial charge in [-0.15, -0.1) is 0 Å². The molecule has 0 saturated carbocycles. The molecule has 0 heterocycles. The summed E-state index contributed by atoms with van der Waals surface area (Å²) in [5, 5.41) is 0. The Morgan fingerprint density at radius 3 is 2.04 bits per heavy atom. The Bertz CT molecular complexity index is 575. The summed E-state index contributed by atoms with van der Waals surface area (Å²) in [6.45, 7) is 4.65. The zero-order chi connectivity index (χ0) is 16.8. The van der Waals surface area contributed by atoms with Gasteiger partial charge >= 0.3 is 0 Å². The lowest BCUT2D eigenvalue weighted by Gasteiger charge is -2.38. The van der Waals surface area contributed by atoms with Crippen molar-refractivity contribution in [3.63, 3.8) is 0 Å². The molecule has 1 aromatic rings. The number of hydrogen-bond acceptors (Lipinski definition) is 0. The fraction of sp³-hybridized carbons (Fsp3) is 0.583. The van der Waals surface area contributed by atoms with Crippen molar-refractivity contribution in [1.82, 2.24) is 0 Å². The molecule has 0 nitrogen and oxygen atoms in total. The lowest BCUT2D eigenvalue weighted by molar-refractivity contribution is 0.295. The molecule has 0 bridgehead atoms. The molecule has 0 fully saturated rings. The molecule has 130 valence electrons. The molecular weight excluding hydrogens is 288 g/mol. The largest absolute Gasteiger partial charge is 0.0804 e. The molecule has 0 amide bonds. The Balaban J connectivity index is 1.72. The van der Waals surface area contributed by atoms with Crippen molar-refractivity contribution >= 4 is 5.57 Å². The Kier molecular flexibility index (Phi) is 6.35. The zero-order valence-electron chi connectivity index (χ0n) is 15.7. The maximum atomic E-state index is 2.55. The van der Waals surface area contributed by atoms with Gasteiger partial charge < -0.3 is 0 Å². The Labute approximate surface area is 149 Å². The minimum Gasteiger partial charge on any atom is -0.0804 e. The normalized spacial score (nSPS) is 23.8. The molecule has 3 rings (SSSR count). The number of allylic oxidation sites excluding steroid dienone is 4. The lowest BCUT2D eigenvalue weighted by Crippen LogP contribution is -2.24. The maximum Gasteiger partial charge on any atom is -0.0228 e. The van der Waals surface area contributed by atoms with Gasteiger partial charge in [-0.05, 0) is 74.3 Å². The van der Waals surface area contributed by atoms with Crippen molar-refractivity contribution < 1.29 is 0 Å². The molecule has 0 spiro atoms. The highest BCUT2D eigenvalue weighted by atomic mass is 14.4. The molecule has 0 aliphatic heterocycles. The summed E-state index contributed by atoms with van der Waals surface area (Å²) in [5.41, 5.74) is 6.75. The van der Waals surface area contributed by atoms with E-state index < -0.39 is 0 Å². The quantitative estimate of drug-likeness (QED) is 0.454. The molecule has 0 N–H and O–H groups in total. The van der Waals surface area contributed by atoms with Gasteiger partial charge in [0.25, 0.3) is 0 Å². The summed E-state index contributed by atoms with van der Waals surface area (Å²) in [7, 11) is 0. The van der Waals surface area contributed by atoms with Crippen molar-refractivity contribution in [3.05, 3.63) is 53.1 Å². The SMILES string of the molecule is CCCCC1=C(CCCC)C[C@@H]2CC(c3ccccc3)=CC[C@@H]2C1. The van der Waals surface area contributed by atoms with Crippen molar-refractivity contribution in [2.75, 3.05) is 0 Å². The van der Waals surface area contributed by atoms with E-state index in [2.05, 4.69) is 50.3 Å². The third-order valence-corrected chi connectivity index (χ3v) is 6.14. The van der Waals surface area contributed by atoms with E-state index in [-0.39, 0.29) is 0 Å². The van der Waals surface area contributed by atoms with Gasteiger partial charge in [-0.2, -0.15) is 0 Å². The van der Waals surface area contributed by atoms with Gasteiger partial charge in [-0.25, -0.2) is 0 Å². The van der Waals surface area contributed by atoms with Crippen LogP contribution in [0.3, 0.4) is 0 Å². The average Bonchev–Trinajstić information content (AvgIpc) is 2.64. The van der Waals surface area contributed by atoms with E-state index in [1.165, 1.54) is 69.8 Å². The predicted molar refractivity (Wildman–Crippen MR) is 106 cm³/mol. The summed E-state index contributed by atoms with van der Waals surface area (Å²) in [5.74, 6) is 1.80. The molecule has 2 aliphatic rings. The molecular formula is C24H34. The average molecular weight is 323 g/mol. The number of fused-ring (bicyclic) bond motifs is 1. The zero-order valence-corrected chi connectivity index (χ0v) is 15.7. The van der Waals surface area contributed by atoms with Crippen LogP contribution in [0.15, 0.2) is 47.6 Å². The molecule has 0 saturated heterocycles. The second kappa shape index (κ2) is 8.70. The fourth-order valence-electron chi connectivity index (χ4n) is 4.65. The molecule has 0 aromatic heterocycles. The summed E-state index contributed by atoms with van der Waals surface area (Å²) in [6.07, 6.45) is 16.1. The van der Waals surface area contributed by atoms with Gasteiger partial charge in [0.05, 0.1) is 0 Å². The minimum absolute atomic E-state index is 0.891. The third kappa shape index (κ3) is 4.21. The Morgan fingerprint density at radius 1 is 0.792 bits per heavy atom. The van der Waals surface area contributed by atoms with Crippen molar-refractivity contribution in [3.8, 4) is 0 Å². The number of unbranched alkanes of at least 4 members (excludes halogenated alkanes) is 2. The highest BCUT2D eigenvalue weighted by Crippen LogP contribution is 2.46. The number of rotatable bonds is 7. The van der Waals surface area contributed by atoms with Gasteiger partial charge in [-0.1, -0.05) is 74.2 Å². The first kappa shape index (κ1) is 17.5. The van der Waals surface area contributed by atoms with Gasteiger partial charge in [0.1, 0.15) is 0 Å².